The van der Waals surface area contributed by atoms with Gasteiger partial charge in [0.15, 0.2) is 0 Å². The summed E-state index contributed by atoms with van der Waals surface area (Å²) in [5, 5.41) is 10.8. The van der Waals surface area contributed by atoms with E-state index in [0.717, 1.165) is 0 Å². The molecule has 0 aliphatic carbocycles. The summed E-state index contributed by atoms with van der Waals surface area (Å²) in [6.07, 6.45) is 0.897. The quantitative estimate of drug-likeness (QED) is 0.222. The molecule has 0 aromatic carbocycles. The van der Waals surface area contributed by atoms with Crippen molar-refractivity contribution in [3.63, 3.8) is 0 Å². The topological polar surface area (TPSA) is 112 Å². The molecule has 0 aliphatic heterocycles. The van der Waals surface area contributed by atoms with Crippen molar-refractivity contribution in [2.75, 3.05) is 0 Å². The molecule has 0 unspecified atom stereocenters. The molecule has 0 saturated heterocycles. The fourth-order valence-corrected chi connectivity index (χ4v) is 0.655. The van der Waals surface area contributed by atoms with Crippen LogP contribution in [0.25, 0.3) is 10.4 Å². The maximum Gasteiger partial charge on any atom is 0.317 e. The molecule has 0 saturated carbocycles. The first-order valence-electron chi connectivity index (χ1n) is 3.63. The van der Waals surface area contributed by atoms with Crippen LogP contribution >= 0.6 is 0 Å². The van der Waals surface area contributed by atoms with E-state index >= 15 is 0 Å². The molecular weight excluding hydrogens is 178 g/mol. The second-order valence-electron chi connectivity index (χ2n) is 2.24. The predicted molar refractivity (Wildman–Crippen MR) is 41.3 cm³/mol. The molecule has 0 bridgehead atoms. The Morgan fingerprint density at radius 3 is 2.54 bits per heavy atom. The zero-order valence-electron chi connectivity index (χ0n) is 6.84. The fourth-order valence-electron chi connectivity index (χ4n) is 0.655. The number of hydrogen-bond acceptors (Lipinski definition) is 4. The minimum Gasteiger partial charge on any atom is -0.481 e. The third-order valence-corrected chi connectivity index (χ3v) is 1.20. The largest absolute Gasteiger partial charge is 0.481 e. The van der Waals surface area contributed by atoms with Crippen molar-refractivity contribution in [2.24, 2.45) is 5.28 Å². The molecule has 0 fully saturated rings. The Morgan fingerprint density at radius 2 is 2.00 bits per heavy atom. The molecule has 0 aromatic heterocycles. The van der Waals surface area contributed by atoms with Crippen molar-refractivity contribution in [2.45, 2.75) is 25.7 Å². The van der Waals surface area contributed by atoms with Gasteiger partial charge in [0.2, 0.25) is 0 Å². The summed E-state index contributed by atoms with van der Waals surface area (Å²) in [4.78, 5) is 26.9. The standard InChI is InChI=1S/C6H9N3O4/c7-8-9-13-6(12)4-2-1-3-5(10)11/h1-4H2,(H,10,11). The lowest BCUT2D eigenvalue weighted by molar-refractivity contribution is -0.144. The van der Waals surface area contributed by atoms with E-state index in [2.05, 4.69) is 15.0 Å². The van der Waals surface area contributed by atoms with E-state index in [4.69, 9.17) is 10.6 Å². The van der Waals surface area contributed by atoms with Gasteiger partial charge in [-0.15, -0.1) is 0 Å². The van der Waals surface area contributed by atoms with Crippen LogP contribution in [0.2, 0.25) is 0 Å². The highest BCUT2D eigenvalue weighted by Gasteiger charge is 2.02. The first kappa shape index (κ1) is 11.2. The lowest BCUT2D eigenvalue weighted by Gasteiger charge is -1.95. The Kier molecular flexibility index (Phi) is 6.00. The molecule has 0 radical (unpaired) electrons. The minimum atomic E-state index is -0.900. The molecule has 0 aromatic rings. The van der Waals surface area contributed by atoms with Crippen LogP contribution in [0.15, 0.2) is 5.28 Å². The summed E-state index contributed by atoms with van der Waals surface area (Å²) in [6.45, 7) is 0. The van der Waals surface area contributed by atoms with Gasteiger partial charge in [-0.1, -0.05) is 0 Å². The van der Waals surface area contributed by atoms with Crippen LogP contribution < -0.4 is 0 Å². The van der Waals surface area contributed by atoms with Crippen LogP contribution in [0.4, 0.5) is 0 Å². The van der Waals surface area contributed by atoms with Crippen LogP contribution in [0, 0.1) is 0 Å². The summed E-state index contributed by atoms with van der Waals surface area (Å²) >= 11 is 0. The zero-order valence-corrected chi connectivity index (χ0v) is 6.84. The van der Waals surface area contributed by atoms with Crippen LogP contribution in [0.5, 0.6) is 0 Å². The second-order valence-corrected chi connectivity index (χ2v) is 2.24. The average molecular weight is 187 g/mol. The van der Waals surface area contributed by atoms with Gasteiger partial charge in [-0.05, 0) is 18.4 Å². The average Bonchev–Trinajstić information content (AvgIpc) is 2.08. The summed E-state index contributed by atoms with van der Waals surface area (Å²) in [5.74, 6) is -1.55. The highest BCUT2D eigenvalue weighted by molar-refractivity contribution is 5.69. The summed E-state index contributed by atoms with van der Waals surface area (Å²) in [7, 11) is 0. The molecule has 72 valence electrons. The fraction of sp³-hybridized carbons (Fsp3) is 0.667. The van der Waals surface area contributed by atoms with Crippen LogP contribution in [-0.4, -0.2) is 17.0 Å². The van der Waals surface area contributed by atoms with Crippen LogP contribution in [0.3, 0.4) is 0 Å². The zero-order chi connectivity index (χ0) is 10.1. The predicted octanol–water partition coefficient (Wildman–Crippen LogP) is 1.40. The number of unbranched alkanes of at least 4 members (excludes halogenated alkanes) is 1. The first-order valence-corrected chi connectivity index (χ1v) is 3.63. The summed E-state index contributed by atoms with van der Waals surface area (Å²) in [6, 6.07) is 0. The number of carboxylic acid groups (broad SMARTS) is 1. The Morgan fingerprint density at radius 1 is 1.38 bits per heavy atom. The van der Waals surface area contributed by atoms with E-state index in [1.807, 2.05) is 0 Å². The van der Waals surface area contributed by atoms with Gasteiger partial charge in [0.25, 0.3) is 0 Å². The number of rotatable bonds is 6. The van der Waals surface area contributed by atoms with Crippen molar-refractivity contribution >= 4 is 11.9 Å². The highest BCUT2D eigenvalue weighted by atomic mass is 16.7. The molecule has 0 aliphatic rings. The van der Waals surface area contributed by atoms with Gasteiger partial charge in [0.05, 0.1) is 0 Å². The number of carbonyl (C=O) groups is 2. The SMILES string of the molecule is [N-]=[N+]=NOC(=O)CCCCC(=O)O. The van der Waals surface area contributed by atoms with E-state index in [-0.39, 0.29) is 12.8 Å². The monoisotopic (exact) mass is 187 g/mol. The van der Waals surface area contributed by atoms with Crippen molar-refractivity contribution in [1.82, 2.24) is 0 Å². The van der Waals surface area contributed by atoms with Gasteiger partial charge in [-0.2, -0.15) is 0 Å². The molecule has 7 heteroatoms. The highest BCUT2D eigenvalue weighted by Crippen LogP contribution is 2.01. The van der Waals surface area contributed by atoms with Gasteiger partial charge >= 0.3 is 11.9 Å². The van der Waals surface area contributed by atoms with Gasteiger partial charge in [-0.25, -0.2) is 0 Å². The third-order valence-electron chi connectivity index (χ3n) is 1.20. The molecule has 7 nitrogen and oxygen atoms in total. The van der Waals surface area contributed by atoms with E-state index in [1.165, 1.54) is 0 Å². The molecule has 0 heterocycles. The number of carboxylic acids is 1. The van der Waals surface area contributed by atoms with Gasteiger partial charge in [0, 0.05) is 17.8 Å². The summed E-state index contributed by atoms with van der Waals surface area (Å²) < 4.78 is 0. The molecule has 13 heavy (non-hydrogen) atoms. The molecule has 0 amide bonds. The maximum atomic E-state index is 10.6. The van der Waals surface area contributed by atoms with Crippen molar-refractivity contribution < 1.29 is 19.5 Å². The van der Waals surface area contributed by atoms with E-state index in [0.29, 0.717) is 12.8 Å². The van der Waals surface area contributed by atoms with Gasteiger partial charge < -0.3 is 9.94 Å². The van der Waals surface area contributed by atoms with Crippen molar-refractivity contribution in [1.29, 1.82) is 0 Å². The lowest BCUT2D eigenvalue weighted by Crippen LogP contribution is -2.00. The number of azide groups is 1. The molecule has 1 N–H and O–H groups in total. The number of aliphatic carboxylic acids is 1. The number of hydrogen-bond donors (Lipinski definition) is 1. The normalized spacial score (nSPS) is 8.62. The van der Waals surface area contributed by atoms with Crippen LogP contribution in [0.1, 0.15) is 25.7 Å². The lowest BCUT2D eigenvalue weighted by atomic mass is 10.2. The van der Waals surface area contributed by atoms with Crippen molar-refractivity contribution in [3.8, 4) is 0 Å². The molecule has 0 atom stereocenters. The van der Waals surface area contributed by atoms with Crippen LogP contribution in [-0.2, 0) is 14.4 Å². The Labute approximate surface area is 73.9 Å². The smallest absolute Gasteiger partial charge is 0.317 e. The minimum absolute atomic E-state index is 0.0226. The molecule has 0 rings (SSSR count). The molecule has 0 spiro atoms. The Balaban J connectivity index is 3.37. The van der Waals surface area contributed by atoms with Crippen molar-refractivity contribution in [3.05, 3.63) is 10.4 Å². The molecular formula is C6H9N3O4. The third kappa shape index (κ3) is 8.15. The first-order chi connectivity index (χ1) is 6.16. The van der Waals surface area contributed by atoms with E-state index in [9.17, 15) is 9.59 Å². The number of carbonyl (C=O) groups excluding carboxylic acids is 1. The summed E-state index contributed by atoms with van der Waals surface area (Å²) in [5.41, 5.74) is 7.76. The Hall–Kier alpha value is -1.75. The van der Waals surface area contributed by atoms with Gasteiger partial charge in [0.1, 0.15) is 5.28 Å². The maximum absolute atomic E-state index is 10.6. The van der Waals surface area contributed by atoms with Gasteiger partial charge in [-0.3, -0.25) is 9.59 Å². The van der Waals surface area contributed by atoms with E-state index < -0.39 is 11.9 Å². The second kappa shape index (κ2) is 6.93. The number of nitrogens with zero attached hydrogens (tertiary/aromatic N) is 3. The Bertz CT molecular complexity index is 234. The van der Waals surface area contributed by atoms with E-state index in [1.54, 1.807) is 0 Å².